The number of nitrogens with zero attached hydrogens (tertiary/aromatic N) is 2. The third kappa shape index (κ3) is 2.10. The van der Waals surface area contributed by atoms with Gasteiger partial charge in [0.1, 0.15) is 0 Å². The van der Waals surface area contributed by atoms with Crippen LogP contribution in [0.3, 0.4) is 0 Å². The van der Waals surface area contributed by atoms with Crippen LogP contribution in [0.4, 0.5) is 0 Å². The molecular weight excluding hydrogens is 180 g/mol. The van der Waals surface area contributed by atoms with E-state index in [2.05, 4.69) is 11.7 Å². The molecule has 4 heteroatoms. The van der Waals surface area contributed by atoms with Gasteiger partial charge in [-0.1, -0.05) is 18.2 Å². The normalized spacial score (nSPS) is 9.57. The van der Waals surface area contributed by atoms with Crippen molar-refractivity contribution in [3.8, 4) is 0 Å². The second-order valence-corrected chi connectivity index (χ2v) is 3.13. The Hall–Kier alpha value is -1.84. The number of carbonyl (C=O) groups is 1. The highest BCUT2D eigenvalue weighted by Crippen LogP contribution is 2.09. The molecule has 0 spiro atoms. The van der Waals surface area contributed by atoms with Crippen LogP contribution in [0.2, 0.25) is 0 Å². The molecule has 0 aliphatic rings. The quantitative estimate of drug-likeness (QED) is 0.797. The molecule has 1 rings (SSSR count). The molecule has 1 heterocycles. The Morgan fingerprint density at radius 2 is 2.29 bits per heavy atom. The maximum absolute atomic E-state index is 10.7. The number of aromatic nitrogens is 2. The second-order valence-electron chi connectivity index (χ2n) is 3.13. The lowest BCUT2D eigenvalue weighted by Crippen LogP contribution is -2.00. The van der Waals surface area contributed by atoms with Crippen molar-refractivity contribution in [2.45, 2.75) is 13.8 Å². The van der Waals surface area contributed by atoms with Gasteiger partial charge in [0.05, 0.1) is 0 Å². The summed E-state index contributed by atoms with van der Waals surface area (Å²) >= 11 is 0. The first-order chi connectivity index (χ1) is 6.54. The van der Waals surface area contributed by atoms with Crippen molar-refractivity contribution in [1.29, 1.82) is 0 Å². The molecule has 1 aromatic rings. The SMILES string of the molecule is C=Cc1cn(C=C(C)C)nc1C(=O)O. The van der Waals surface area contributed by atoms with Crippen molar-refractivity contribution in [2.24, 2.45) is 0 Å². The standard InChI is InChI=1S/C10H12N2O2/c1-4-8-6-12(5-7(2)3)11-9(8)10(13)14/h4-6H,1H2,2-3H3,(H,13,14). The van der Waals surface area contributed by atoms with Gasteiger partial charge in [-0.2, -0.15) is 5.10 Å². The lowest BCUT2D eigenvalue weighted by atomic mass is 10.2. The number of rotatable bonds is 3. The van der Waals surface area contributed by atoms with Gasteiger partial charge in [0.15, 0.2) is 5.69 Å². The number of aromatic carboxylic acids is 1. The molecule has 0 aliphatic carbocycles. The molecule has 0 amide bonds. The van der Waals surface area contributed by atoms with Crippen LogP contribution in [0.5, 0.6) is 0 Å². The summed E-state index contributed by atoms with van der Waals surface area (Å²) in [6.45, 7) is 7.35. The fraction of sp³-hybridized carbons (Fsp3) is 0.200. The maximum atomic E-state index is 10.7. The van der Waals surface area contributed by atoms with Crippen LogP contribution in [-0.2, 0) is 0 Å². The van der Waals surface area contributed by atoms with Gasteiger partial charge >= 0.3 is 5.97 Å². The van der Waals surface area contributed by atoms with Crippen LogP contribution in [0.1, 0.15) is 29.9 Å². The first-order valence-corrected chi connectivity index (χ1v) is 4.14. The number of carboxylic acid groups (broad SMARTS) is 1. The molecule has 0 aromatic carbocycles. The molecular formula is C10H12N2O2. The zero-order valence-electron chi connectivity index (χ0n) is 8.19. The van der Waals surface area contributed by atoms with Gasteiger partial charge in [0.25, 0.3) is 0 Å². The average Bonchev–Trinajstić information content (AvgIpc) is 2.46. The van der Waals surface area contributed by atoms with Gasteiger partial charge < -0.3 is 5.11 Å². The zero-order chi connectivity index (χ0) is 10.7. The summed E-state index contributed by atoms with van der Waals surface area (Å²) in [5.74, 6) is -1.04. The molecule has 14 heavy (non-hydrogen) atoms. The van der Waals surface area contributed by atoms with Crippen LogP contribution in [0.25, 0.3) is 12.3 Å². The van der Waals surface area contributed by atoms with E-state index >= 15 is 0 Å². The minimum atomic E-state index is -1.04. The third-order valence-electron chi connectivity index (χ3n) is 1.57. The highest BCUT2D eigenvalue weighted by Gasteiger charge is 2.12. The largest absolute Gasteiger partial charge is 0.476 e. The van der Waals surface area contributed by atoms with Gasteiger partial charge in [0.2, 0.25) is 0 Å². The van der Waals surface area contributed by atoms with E-state index in [9.17, 15) is 4.79 Å². The van der Waals surface area contributed by atoms with Crippen LogP contribution < -0.4 is 0 Å². The predicted octanol–water partition coefficient (Wildman–Crippen LogP) is 2.10. The average molecular weight is 192 g/mol. The Labute approximate surface area is 82.2 Å². The van der Waals surface area contributed by atoms with E-state index in [1.807, 2.05) is 13.8 Å². The number of hydrogen-bond acceptors (Lipinski definition) is 2. The summed E-state index contributed by atoms with van der Waals surface area (Å²) in [6.07, 6.45) is 4.86. The smallest absolute Gasteiger partial charge is 0.357 e. The van der Waals surface area contributed by atoms with Crippen LogP contribution in [0.15, 0.2) is 18.3 Å². The zero-order valence-corrected chi connectivity index (χ0v) is 8.19. The molecule has 74 valence electrons. The lowest BCUT2D eigenvalue weighted by molar-refractivity contribution is 0.0690. The number of carboxylic acids is 1. The van der Waals surface area contributed by atoms with Crippen molar-refractivity contribution in [3.63, 3.8) is 0 Å². The summed E-state index contributed by atoms with van der Waals surface area (Å²) in [5.41, 5.74) is 1.59. The fourth-order valence-electron chi connectivity index (χ4n) is 1.05. The molecule has 0 saturated heterocycles. The molecule has 0 aliphatic heterocycles. The van der Waals surface area contributed by atoms with Gasteiger partial charge in [-0.05, 0) is 13.8 Å². The first-order valence-electron chi connectivity index (χ1n) is 4.14. The number of hydrogen-bond donors (Lipinski definition) is 1. The molecule has 0 bridgehead atoms. The molecule has 0 radical (unpaired) electrons. The van der Waals surface area contributed by atoms with Crippen molar-refractivity contribution in [1.82, 2.24) is 9.78 Å². The predicted molar refractivity (Wildman–Crippen MR) is 54.9 cm³/mol. The van der Waals surface area contributed by atoms with Gasteiger partial charge in [-0.15, -0.1) is 0 Å². The fourth-order valence-corrected chi connectivity index (χ4v) is 1.05. The highest BCUT2D eigenvalue weighted by atomic mass is 16.4. The summed E-state index contributed by atoms with van der Waals surface area (Å²) in [5, 5.41) is 12.7. The summed E-state index contributed by atoms with van der Waals surface area (Å²) in [4.78, 5) is 10.7. The summed E-state index contributed by atoms with van der Waals surface area (Å²) < 4.78 is 1.48. The van der Waals surface area contributed by atoms with Gasteiger partial charge in [-0.25, -0.2) is 9.48 Å². The van der Waals surface area contributed by atoms with Crippen molar-refractivity contribution < 1.29 is 9.90 Å². The lowest BCUT2D eigenvalue weighted by Gasteiger charge is -1.91. The minimum Gasteiger partial charge on any atom is -0.476 e. The topological polar surface area (TPSA) is 55.1 Å². The highest BCUT2D eigenvalue weighted by molar-refractivity contribution is 5.89. The van der Waals surface area contributed by atoms with Crippen molar-refractivity contribution in [3.05, 3.63) is 29.6 Å². The second kappa shape index (κ2) is 3.91. The van der Waals surface area contributed by atoms with Crippen LogP contribution in [0, 0.1) is 0 Å². The first kappa shape index (κ1) is 10.2. The molecule has 4 nitrogen and oxygen atoms in total. The van der Waals surface area contributed by atoms with E-state index in [-0.39, 0.29) is 5.69 Å². The Balaban J connectivity index is 3.20. The number of allylic oxidation sites excluding steroid dienone is 1. The molecule has 1 aromatic heterocycles. The van der Waals surface area contributed by atoms with Crippen LogP contribution in [-0.4, -0.2) is 20.9 Å². The Kier molecular flexibility index (Phi) is 2.86. The monoisotopic (exact) mass is 192 g/mol. The van der Waals surface area contributed by atoms with E-state index in [0.717, 1.165) is 5.57 Å². The van der Waals surface area contributed by atoms with E-state index in [0.29, 0.717) is 5.56 Å². The molecule has 0 unspecified atom stereocenters. The minimum absolute atomic E-state index is 0.0255. The maximum Gasteiger partial charge on any atom is 0.357 e. The van der Waals surface area contributed by atoms with E-state index in [1.54, 1.807) is 12.4 Å². The molecule has 0 atom stereocenters. The van der Waals surface area contributed by atoms with Gasteiger partial charge in [-0.3, -0.25) is 0 Å². The molecule has 0 saturated carbocycles. The summed E-state index contributed by atoms with van der Waals surface area (Å²) in [7, 11) is 0. The molecule has 1 N–H and O–H groups in total. The van der Waals surface area contributed by atoms with Crippen molar-refractivity contribution in [2.75, 3.05) is 0 Å². The Bertz CT molecular complexity index is 398. The summed E-state index contributed by atoms with van der Waals surface area (Å²) in [6, 6.07) is 0. The Morgan fingerprint density at radius 3 is 2.64 bits per heavy atom. The van der Waals surface area contributed by atoms with E-state index in [1.165, 1.54) is 10.8 Å². The van der Waals surface area contributed by atoms with Crippen molar-refractivity contribution >= 4 is 18.2 Å². The molecule has 0 fully saturated rings. The van der Waals surface area contributed by atoms with Gasteiger partial charge in [0, 0.05) is 18.0 Å². The Morgan fingerprint density at radius 1 is 1.64 bits per heavy atom. The van der Waals surface area contributed by atoms with E-state index < -0.39 is 5.97 Å². The van der Waals surface area contributed by atoms with E-state index in [4.69, 9.17) is 5.11 Å². The van der Waals surface area contributed by atoms with Crippen LogP contribution >= 0.6 is 0 Å². The third-order valence-corrected chi connectivity index (χ3v) is 1.57.